The van der Waals surface area contributed by atoms with Gasteiger partial charge in [0.1, 0.15) is 0 Å². The summed E-state index contributed by atoms with van der Waals surface area (Å²) in [6.45, 7) is 6.06. The molecule has 2 rings (SSSR count). The van der Waals surface area contributed by atoms with E-state index < -0.39 is 0 Å². The highest BCUT2D eigenvalue weighted by Crippen LogP contribution is 2.17. The molecular weight excluding hydrogens is 258 g/mol. The molecule has 0 aliphatic rings. The molecule has 1 N–H and O–H groups in total. The minimum absolute atomic E-state index is 0.333. The molecule has 1 unspecified atom stereocenters. The van der Waals surface area contributed by atoms with Crippen LogP contribution in [0.15, 0.2) is 36.7 Å². The summed E-state index contributed by atoms with van der Waals surface area (Å²) in [5, 5.41) is 8.65. The van der Waals surface area contributed by atoms with Crippen molar-refractivity contribution >= 4 is 11.6 Å². The normalized spacial score (nSPS) is 12.6. The minimum Gasteiger partial charge on any atom is -0.310 e. The lowest BCUT2D eigenvalue weighted by molar-refractivity contribution is 0.569. The van der Waals surface area contributed by atoms with Crippen LogP contribution < -0.4 is 5.32 Å². The Morgan fingerprint density at radius 3 is 2.89 bits per heavy atom. The van der Waals surface area contributed by atoms with Gasteiger partial charge in [-0.25, -0.2) is 0 Å². The van der Waals surface area contributed by atoms with Crippen molar-refractivity contribution in [3.63, 3.8) is 0 Å². The third-order valence-corrected chi connectivity index (χ3v) is 3.51. The van der Waals surface area contributed by atoms with Crippen molar-refractivity contribution in [2.45, 2.75) is 32.9 Å². The van der Waals surface area contributed by atoms with Gasteiger partial charge < -0.3 is 5.32 Å². The molecule has 0 radical (unpaired) electrons. The monoisotopic (exact) mass is 277 g/mol. The third kappa shape index (κ3) is 3.82. The van der Waals surface area contributed by atoms with E-state index in [9.17, 15) is 0 Å². The molecule has 0 spiro atoms. The summed E-state index contributed by atoms with van der Waals surface area (Å²) in [4.78, 5) is 0. The highest BCUT2D eigenvalue weighted by molar-refractivity contribution is 6.31. The molecule has 0 saturated heterocycles. The molecule has 19 heavy (non-hydrogen) atoms. The van der Waals surface area contributed by atoms with Crippen molar-refractivity contribution in [1.82, 2.24) is 15.1 Å². The Kier molecular flexibility index (Phi) is 5.00. The molecular formula is C15H20ClN3. The summed E-state index contributed by atoms with van der Waals surface area (Å²) in [5.41, 5.74) is 2.30. The number of nitrogens with one attached hydrogen (secondary N) is 1. The van der Waals surface area contributed by atoms with Gasteiger partial charge in [0.15, 0.2) is 0 Å². The van der Waals surface area contributed by atoms with Crippen LogP contribution in [0.4, 0.5) is 0 Å². The van der Waals surface area contributed by atoms with Crippen LogP contribution in [0.1, 0.15) is 37.4 Å². The van der Waals surface area contributed by atoms with Crippen LogP contribution in [0, 0.1) is 0 Å². The van der Waals surface area contributed by atoms with Crippen LogP contribution in [-0.2, 0) is 6.54 Å². The molecule has 0 fully saturated rings. The lowest BCUT2D eigenvalue weighted by Crippen LogP contribution is -2.18. The second kappa shape index (κ2) is 6.73. The van der Waals surface area contributed by atoms with Crippen LogP contribution in [0.25, 0.3) is 0 Å². The van der Waals surface area contributed by atoms with E-state index in [0.29, 0.717) is 12.6 Å². The van der Waals surface area contributed by atoms with Crippen molar-refractivity contribution in [3.05, 3.63) is 52.8 Å². The lowest BCUT2D eigenvalue weighted by Gasteiger charge is -2.10. The SMILES string of the molecule is CCCNC(C)c1cnn(Cc2ccccc2Cl)c1. The van der Waals surface area contributed by atoms with Crippen LogP contribution in [0.5, 0.6) is 0 Å². The molecule has 3 nitrogen and oxygen atoms in total. The topological polar surface area (TPSA) is 29.9 Å². The van der Waals surface area contributed by atoms with Gasteiger partial charge in [0.05, 0.1) is 12.7 Å². The first-order valence-corrected chi connectivity index (χ1v) is 7.07. The zero-order chi connectivity index (χ0) is 13.7. The van der Waals surface area contributed by atoms with Gasteiger partial charge in [0.25, 0.3) is 0 Å². The summed E-state index contributed by atoms with van der Waals surface area (Å²) < 4.78 is 1.93. The fourth-order valence-corrected chi connectivity index (χ4v) is 2.16. The van der Waals surface area contributed by atoms with E-state index in [0.717, 1.165) is 23.6 Å². The van der Waals surface area contributed by atoms with Gasteiger partial charge >= 0.3 is 0 Å². The molecule has 0 aliphatic carbocycles. The first-order chi connectivity index (χ1) is 9.20. The molecule has 1 atom stereocenters. The largest absolute Gasteiger partial charge is 0.310 e. The van der Waals surface area contributed by atoms with Crippen LogP contribution in [-0.4, -0.2) is 16.3 Å². The average molecular weight is 278 g/mol. The lowest BCUT2D eigenvalue weighted by atomic mass is 10.2. The average Bonchev–Trinajstić information content (AvgIpc) is 2.87. The van der Waals surface area contributed by atoms with Gasteiger partial charge in [-0.15, -0.1) is 0 Å². The molecule has 1 aromatic carbocycles. The highest BCUT2D eigenvalue weighted by atomic mass is 35.5. The molecule has 1 heterocycles. The Labute approximate surface area is 119 Å². The maximum Gasteiger partial charge on any atom is 0.0674 e. The maximum atomic E-state index is 6.16. The van der Waals surface area contributed by atoms with Crippen LogP contribution in [0.3, 0.4) is 0 Å². The Bertz CT molecular complexity index is 522. The summed E-state index contributed by atoms with van der Waals surface area (Å²) in [7, 11) is 0. The highest BCUT2D eigenvalue weighted by Gasteiger charge is 2.08. The Hall–Kier alpha value is -1.32. The molecule has 0 amide bonds. The standard InChI is InChI=1S/C15H20ClN3/c1-3-8-17-12(2)14-9-18-19(11-14)10-13-6-4-5-7-15(13)16/h4-7,9,11-12,17H,3,8,10H2,1-2H3. The van der Waals surface area contributed by atoms with E-state index in [-0.39, 0.29) is 0 Å². The van der Waals surface area contributed by atoms with Crippen molar-refractivity contribution in [1.29, 1.82) is 0 Å². The molecule has 102 valence electrons. The van der Waals surface area contributed by atoms with Crippen molar-refractivity contribution in [3.8, 4) is 0 Å². The number of hydrogen-bond acceptors (Lipinski definition) is 2. The summed E-state index contributed by atoms with van der Waals surface area (Å²) in [6.07, 6.45) is 5.14. The fourth-order valence-electron chi connectivity index (χ4n) is 1.97. The molecule has 0 saturated carbocycles. The number of benzene rings is 1. The zero-order valence-corrected chi connectivity index (χ0v) is 12.2. The molecule has 1 aromatic heterocycles. The predicted octanol–water partition coefficient (Wildman–Crippen LogP) is 3.65. The van der Waals surface area contributed by atoms with E-state index in [2.05, 4.69) is 30.5 Å². The van der Waals surface area contributed by atoms with Gasteiger partial charge in [-0.3, -0.25) is 4.68 Å². The smallest absolute Gasteiger partial charge is 0.0674 e. The number of aromatic nitrogens is 2. The van der Waals surface area contributed by atoms with Gasteiger partial charge in [-0.1, -0.05) is 36.7 Å². The minimum atomic E-state index is 0.333. The molecule has 0 aliphatic heterocycles. The van der Waals surface area contributed by atoms with Crippen LogP contribution >= 0.6 is 11.6 Å². The second-order valence-corrected chi connectivity index (χ2v) is 5.15. The number of rotatable bonds is 6. The Morgan fingerprint density at radius 2 is 2.16 bits per heavy atom. The first kappa shape index (κ1) is 14.1. The van der Waals surface area contributed by atoms with E-state index in [1.165, 1.54) is 5.56 Å². The number of hydrogen-bond donors (Lipinski definition) is 1. The molecule has 0 bridgehead atoms. The number of nitrogens with zero attached hydrogens (tertiary/aromatic N) is 2. The van der Waals surface area contributed by atoms with Crippen LogP contribution in [0.2, 0.25) is 5.02 Å². The first-order valence-electron chi connectivity index (χ1n) is 6.70. The predicted molar refractivity (Wildman–Crippen MR) is 79.5 cm³/mol. The Balaban J connectivity index is 2.03. The van der Waals surface area contributed by atoms with Crippen molar-refractivity contribution < 1.29 is 0 Å². The summed E-state index contributed by atoms with van der Waals surface area (Å²) >= 11 is 6.16. The van der Waals surface area contributed by atoms with Crippen molar-refractivity contribution in [2.24, 2.45) is 0 Å². The number of halogens is 1. The van der Waals surface area contributed by atoms with Crippen molar-refractivity contribution in [2.75, 3.05) is 6.54 Å². The van der Waals surface area contributed by atoms with Gasteiger partial charge in [-0.05, 0) is 31.5 Å². The van der Waals surface area contributed by atoms with E-state index in [1.54, 1.807) is 0 Å². The fraction of sp³-hybridized carbons (Fsp3) is 0.400. The third-order valence-electron chi connectivity index (χ3n) is 3.14. The van der Waals surface area contributed by atoms with Gasteiger partial charge in [-0.2, -0.15) is 5.10 Å². The summed E-state index contributed by atoms with van der Waals surface area (Å²) in [5.74, 6) is 0. The summed E-state index contributed by atoms with van der Waals surface area (Å²) in [6, 6.07) is 8.21. The maximum absolute atomic E-state index is 6.16. The second-order valence-electron chi connectivity index (χ2n) is 4.74. The van der Waals surface area contributed by atoms with E-state index in [4.69, 9.17) is 11.6 Å². The molecule has 2 aromatic rings. The Morgan fingerprint density at radius 1 is 1.37 bits per heavy atom. The molecule has 4 heteroatoms. The van der Waals surface area contributed by atoms with E-state index in [1.807, 2.05) is 35.1 Å². The van der Waals surface area contributed by atoms with Gasteiger partial charge in [0, 0.05) is 22.8 Å². The zero-order valence-electron chi connectivity index (χ0n) is 11.4. The van der Waals surface area contributed by atoms with E-state index >= 15 is 0 Å². The quantitative estimate of drug-likeness (QED) is 0.874. The van der Waals surface area contributed by atoms with Gasteiger partial charge in [0.2, 0.25) is 0 Å².